The minimum atomic E-state index is -3.70. The normalized spacial score (nSPS) is 11.5. The summed E-state index contributed by atoms with van der Waals surface area (Å²) in [6.07, 6.45) is 0. The number of carbonyl (C=O) groups is 1. The molecule has 0 fully saturated rings. The summed E-state index contributed by atoms with van der Waals surface area (Å²) in [5, 5.41) is 0. The van der Waals surface area contributed by atoms with Gasteiger partial charge in [-0.2, -0.15) is 4.31 Å². The Bertz CT molecular complexity index is 805. The van der Waals surface area contributed by atoms with Crippen molar-refractivity contribution in [2.75, 3.05) is 20.2 Å². The molecule has 0 aliphatic carbocycles. The highest BCUT2D eigenvalue weighted by Gasteiger charge is 2.20. The molecule has 0 saturated carbocycles. The zero-order valence-corrected chi connectivity index (χ0v) is 13.8. The Balaban J connectivity index is 1.98. The smallest absolute Gasteiger partial charge is 0.248 e. The molecule has 0 radical (unpaired) electrons. The van der Waals surface area contributed by atoms with Gasteiger partial charge in [-0.1, -0.05) is 0 Å². The molecule has 2 aromatic carbocycles. The number of carbonyl (C=O) groups excluding carboxylic acids is 1. The fourth-order valence-corrected chi connectivity index (χ4v) is 3.07. The van der Waals surface area contributed by atoms with Crippen molar-refractivity contribution in [2.24, 2.45) is 5.73 Å². The molecule has 0 unspecified atom stereocenters. The molecule has 128 valence electrons. The molecule has 0 spiro atoms. The summed E-state index contributed by atoms with van der Waals surface area (Å²) in [5.74, 6) is -0.547. The predicted octanol–water partition coefficient (Wildman–Crippen LogP) is 1.62. The van der Waals surface area contributed by atoms with E-state index in [1.165, 1.54) is 55.6 Å². The number of halogens is 1. The van der Waals surface area contributed by atoms with Gasteiger partial charge < -0.3 is 10.5 Å². The molecule has 1 amide bonds. The number of amides is 1. The van der Waals surface area contributed by atoms with Crippen LogP contribution in [0.25, 0.3) is 0 Å². The number of sulfonamides is 1. The molecule has 8 heteroatoms. The Morgan fingerprint density at radius 2 is 1.71 bits per heavy atom. The molecule has 0 bridgehead atoms. The average molecular weight is 352 g/mol. The van der Waals surface area contributed by atoms with Gasteiger partial charge in [0.2, 0.25) is 15.9 Å². The standard InChI is InChI=1S/C16H17FN2O4S/c1-19(10-11-23-14-6-4-13(17)5-7-14)24(21,22)15-8-2-12(3-9-15)16(18)20/h2-9H,10-11H2,1H3,(H2,18,20). The summed E-state index contributed by atoms with van der Waals surface area (Å²) < 4.78 is 44.1. The lowest BCUT2D eigenvalue weighted by molar-refractivity contribution is 0.1000. The van der Waals surface area contributed by atoms with E-state index in [0.717, 1.165) is 4.31 Å². The van der Waals surface area contributed by atoms with Gasteiger partial charge in [0.25, 0.3) is 0 Å². The summed E-state index contributed by atoms with van der Waals surface area (Å²) >= 11 is 0. The fourth-order valence-electron chi connectivity index (χ4n) is 1.91. The summed E-state index contributed by atoms with van der Waals surface area (Å²) in [6, 6.07) is 10.8. The molecule has 2 rings (SSSR count). The van der Waals surface area contributed by atoms with Crippen molar-refractivity contribution in [3.63, 3.8) is 0 Å². The van der Waals surface area contributed by atoms with Gasteiger partial charge in [-0.15, -0.1) is 0 Å². The first-order chi connectivity index (χ1) is 11.3. The minimum absolute atomic E-state index is 0.0526. The first kappa shape index (κ1) is 17.9. The molecule has 6 nitrogen and oxygen atoms in total. The van der Waals surface area contributed by atoms with E-state index in [-0.39, 0.29) is 29.4 Å². The Kier molecular flexibility index (Phi) is 5.53. The van der Waals surface area contributed by atoms with Gasteiger partial charge in [-0.3, -0.25) is 4.79 Å². The third-order valence-electron chi connectivity index (χ3n) is 3.34. The first-order valence-electron chi connectivity index (χ1n) is 7.05. The van der Waals surface area contributed by atoms with Gasteiger partial charge in [-0.25, -0.2) is 12.8 Å². The van der Waals surface area contributed by atoms with E-state index in [1.807, 2.05) is 0 Å². The monoisotopic (exact) mass is 352 g/mol. The zero-order chi connectivity index (χ0) is 17.7. The SMILES string of the molecule is CN(CCOc1ccc(F)cc1)S(=O)(=O)c1ccc(C(N)=O)cc1. The lowest BCUT2D eigenvalue weighted by Gasteiger charge is -2.17. The van der Waals surface area contributed by atoms with Crippen molar-refractivity contribution in [1.82, 2.24) is 4.31 Å². The third kappa shape index (κ3) is 4.30. The molecule has 2 N–H and O–H groups in total. The van der Waals surface area contributed by atoms with Gasteiger partial charge in [0, 0.05) is 19.2 Å². The van der Waals surface area contributed by atoms with Gasteiger partial charge in [0.15, 0.2) is 0 Å². The van der Waals surface area contributed by atoms with Crippen LogP contribution in [0.15, 0.2) is 53.4 Å². The Morgan fingerprint density at radius 1 is 1.12 bits per heavy atom. The molecule has 0 aliphatic heterocycles. The van der Waals surface area contributed by atoms with E-state index < -0.39 is 15.9 Å². The van der Waals surface area contributed by atoms with Gasteiger partial charge >= 0.3 is 0 Å². The summed E-state index contributed by atoms with van der Waals surface area (Å²) in [7, 11) is -2.28. The van der Waals surface area contributed by atoms with Gasteiger partial charge in [0.05, 0.1) is 4.90 Å². The van der Waals surface area contributed by atoms with Gasteiger partial charge in [-0.05, 0) is 48.5 Å². The second kappa shape index (κ2) is 7.41. The zero-order valence-electron chi connectivity index (χ0n) is 13.0. The maximum Gasteiger partial charge on any atom is 0.248 e. The van der Waals surface area contributed by atoms with Crippen molar-refractivity contribution in [3.05, 3.63) is 59.9 Å². The van der Waals surface area contributed by atoms with Crippen LogP contribution in [-0.4, -0.2) is 38.8 Å². The highest BCUT2D eigenvalue weighted by atomic mass is 32.2. The molecule has 24 heavy (non-hydrogen) atoms. The molecule has 0 heterocycles. The molecule has 2 aromatic rings. The maximum absolute atomic E-state index is 12.8. The second-order valence-electron chi connectivity index (χ2n) is 5.02. The Hall–Kier alpha value is -2.45. The topological polar surface area (TPSA) is 89.7 Å². The number of nitrogens with zero attached hydrogens (tertiary/aromatic N) is 1. The van der Waals surface area contributed by atoms with E-state index in [0.29, 0.717) is 5.75 Å². The van der Waals surface area contributed by atoms with Crippen molar-refractivity contribution < 1.29 is 22.3 Å². The van der Waals surface area contributed by atoms with Crippen molar-refractivity contribution >= 4 is 15.9 Å². The van der Waals surface area contributed by atoms with Crippen LogP contribution in [0.4, 0.5) is 4.39 Å². The fraction of sp³-hybridized carbons (Fsp3) is 0.188. The predicted molar refractivity (Wildman–Crippen MR) is 86.7 cm³/mol. The van der Waals surface area contributed by atoms with Crippen LogP contribution >= 0.6 is 0 Å². The molecular formula is C16H17FN2O4S. The first-order valence-corrected chi connectivity index (χ1v) is 8.49. The van der Waals surface area contributed by atoms with E-state index >= 15 is 0 Å². The van der Waals surface area contributed by atoms with Crippen LogP contribution < -0.4 is 10.5 Å². The van der Waals surface area contributed by atoms with Crippen molar-refractivity contribution in [2.45, 2.75) is 4.90 Å². The van der Waals surface area contributed by atoms with Crippen LogP contribution in [0.5, 0.6) is 5.75 Å². The molecular weight excluding hydrogens is 335 g/mol. The number of hydrogen-bond donors (Lipinski definition) is 1. The lowest BCUT2D eigenvalue weighted by atomic mass is 10.2. The Labute approximate surface area is 139 Å². The van der Waals surface area contributed by atoms with Crippen LogP contribution in [-0.2, 0) is 10.0 Å². The van der Waals surface area contributed by atoms with Crippen LogP contribution in [0.2, 0.25) is 0 Å². The quantitative estimate of drug-likeness (QED) is 0.820. The Morgan fingerprint density at radius 3 is 2.25 bits per heavy atom. The minimum Gasteiger partial charge on any atom is -0.492 e. The van der Waals surface area contributed by atoms with Crippen molar-refractivity contribution in [1.29, 1.82) is 0 Å². The number of likely N-dealkylation sites (N-methyl/N-ethyl adjacent to an activating group) is 1. The van der Waals surface area contributed by atoms with Crippen LogP contribution in [0.1, 0.15) is 10.4 Å². The summed E-state index contributed by atoms with van der Waals surface area (Å²) in [4.78, 5) is 11.1. The maximum atomic E-state index is 12.8. The second-order valence-corrected chi connectivity index (χ2v) is 7.06. The van der Waals surface area contributed by atoms with E-state index in [9.17, 15) is 17.6 Å². The van der Waals surface area contributed by atoms with E-state index in [1.54, 1.807) is 0 Å². The number of hydrogen-bond acceptors (Lipinski definition) is 4. The molecule has 0 aliphatic rings. The lowest BCUT2D eigenvalue weighted by Crippen LogP contribution is -2.31. The number of nitrogens with two attached hydrogens (primary N) is 1. The van der Waals surface area contributed by atoms with Crippen LogP contribution in [0.3, 0.4) is 0 Å². The molecule has 0 atom stereocenters. The third-order valence-corrected chi connectivity index (χ3v) is 5.21. The molecule has 0 saturated heterocycles. The molecule has 0 aromatic heterocycles. The van der Waals surface area contributed by atoms with E-state index in [4.69, 9.17) is 10.5 Å². The van der Waals surface area contributed by atoms with Gasteiger partial charge in [0.1, 0.15) is 18.2 Å². The summed E-state index contributed by atoms with van der Waals surface area (Å²) in [6.45, 7) is 0.220. The highest BCUT2D eigenvalue weighted by Crippen LogP contribution is 2.16. The number of benzene rings is 2. The summed E-state index contributed by atoms with van der Waals surface area (Å²) in [5.41, 5.74) is 5.36. The number of rotatable bonds is 7. The average Bonchev–Trinajstić information content (AvgIpc) is 2.56. The van der Waals surface area contributed by atoms with Crippen molar-refractivity contribution in [3.8, 4) is 5.75 Å². The number of primary amides is 1. The largest absolute Gasteiger partial charge is 0.492 e. The van der Waals surface area contributed by atoms with E-state index in [2.05, 4.69) is 0 Å². The number of ether oxygens (including phenoxy) is 1. The highest BCUT2D eigenvalue weighted by molar-refractivity contribution is 7.89. The van der Waals surface area contributed by atoms with Crippen LogP contribution in [0, 0.1) is 5.82 Å².